The number of rotatable bonds is 1. The molecule has 0 aliphatic heterocycles. The van der Waals surface area contributed by atoms with Crippen molar-refractivity contribution in [1.29, 1.82) is 0 Å². The third kappa shape index (κ3) is 1.46. The van der Waals surface area contributed by atoms with Gasteiger partial charge in [0.05, 0.1) is 23.8 Å². The first-order valence-corrected chi connectivity index (χ1v) is 5.82. The molecule has 4 nitrogen and oxygen atoms in total. The average molecular weight is 238 g/mol. The van der Waals surface area contributed by atoms with Gasteiger partial charge in [-0.3, -0.25) is 0 Å². The maximum atomic E-state index is 6.01. The highest BCUT2D eigenvalue weighted by atomic mass is 15.1. The molecule has 0 aliphatic rings. The predicted molar refractivity (Wildman–Crippen MR) is 72.3 cm³/mol. The third-order valence-electron chi connectivity index (χ3n) is 3.19. The van der Waals surface area contributed by atoms with Crippen molar-refractivity contribution >= 4 is 11.2 Å². The zero-order valence-corrected chi connectivity index (χ0v) is 10.4. The van der Waals surface area contributed by atoms with Crippen molar-refractivity contribution in [2.45, 2.75) is 13.8 Å². The number of aromatic nitrogens is 3. The summed E-state index contributed by atoms with van der Waals surface area (Å²) in [5.41, 5.74) is 12.2. The van der Waals surface area contributed by atoms with E-state index < -0.39 is 0 Å². The van der Waals surface area contributed by atoms with Crippen LogP contribution < -0.4 is 5.73 Å². The van der Waals surface area contributed by atoms with Crippen LogP contribution in [0.4, 0.5) is 5.69 Å². The summed E-state index contributed by atoms with van der Waals surface area (Å²) in [5, 5.41) is 7.74. The molecule has 0 saturated heterocycles. The zero-order chi connectivity index (χ0) is 12.7. The first-order chi connectivity index (χ1) is 8.68. The summed E-state index contributed by atoms with van der Waals surface area (Å²) in [6, 6.07) is 8.39. The summed E-state index contributed by atoms with van der Waals surface area (Å²) in [6.07, 6.45) is 3.31. The van der Waals surface area contributed by atoms with Crippen LogP contribution in [0.5, 0.6) is 0 Å². The lowest BCUT2D eigenvalue weighted by Gasteiger charge is -2.09. The Bertz CT molecular complexity index is 728. The molecule has 0 radical (unpaired) electrons. The fraction of sp³-hybridized carbons (Fsp3) is 0.143. The Kier molecular flexibility index (Phi) is 2.30. The van der Waals surface area contributed by atoms with Gasteiger partial charge >= 0.3 is 0 Å². The highest BCUT2D eigenvalue weighted by Crippen LogP contribution is 2.30. The zero-order valence-electron chi connectivity index (χ0n) is 10.4. The predicted octanol–water partition coefficient (Wildman–Crippen LogP) is 2.60. The Hall–Kier alpha value is -2.36. The van der Waals surface area contributed by atoms with E-state index >= 15 is 0 Å². The molecule has 0 fully saturated rings. The standard InChI is InChI=1S/C14H14N4/c1-9-6-11-5-3-4-10(2)18(11)14(9)12-7-16-17-8-13(12)15/h3-8H,1-2H3,(H2,15,16). The Morgan fingerprint density at radius 2 is 1.89 bits per heavy atom. The molecule has 0 unspecified atom stereocenters. The molecule has 0 saturated carbocycles. The van der Waals surface area contributed by atoms with Crippen LogP contribution in [0.2, 0.25) is 0 Å². The molecule has 4 heteroatoms. The molecule has 3 heterocycles. The van der Waals surface area contributed by atoms with Gasteiger partial charge in [0.15, 0.2) is 0 Å². The Labute approximate surface area is 105 Å². The molecule has 0 amide bonds. The number of pyridine rings is 1. The smallest absolute Gasteiger partial charge is 0.0732 e. The van der Waals surface area contributed by atoms with Crippen molar-refractivity contribution in [2.75, 3.05) is 5.73 Å². The van der Waals surface area contributed by atoms with Gasteiger partial charge in [-0.15, -0.1) is 0 Å². The van der Waals surface area contributed by atoms with Crippen LogP contribution in [0, 0.1) is 13.8 Å². The van der Waals surface area contributed by atoms with E-state index in [0.717, 1.165) is 11.3 Å². The van der Waals surface area contributed by atoms with Crippen LogP contribution in [0.1, 0.15) is 11.3 Å². The number of aryl methyl sites for hydroxylation is 2. The fourth-order valence-corrected chi connectivity index (χ4v) is 2.38. The molecule has 18 heavy (non-hydrogen) atoms. The van der Waals surface area contributed by atoms with Crippen molar-refractivity contribution in [3.63, 3.8) is 0 Å². The quantitative estimate of drug-likeness (QED) is 0.709. The summed E-state index contributed by atoms with van der Waals surface area (Å²) in [7, 11) is 0. The molecule has 0 aliphatic carbocycles. The number of nitrogens with zero attached hydrogens (tertiary/aromatic N) is 3. The molecule has 3 rings (SSSR count). The van der Waals surface area contributed by atoms with Crippen molar-refractivity contribution < 1.29 is 0 Å². The number of nitrogen functional groups attached to an aromatic ring is 1. The number of hydrogen-bond acceptors (Lipinski definition) is 3. The molecule has 0 aromatic carbocycles. The molecular weight excluding hydrogens is 224 g/mol. The summed E-state index contributed by atoms with van der Waals surface area (Å²) >= 11 is 0. The molecule has 0 bridgehead atoms. The minimum atomic E-state index is 0.649. The molecule has 90 valence electrons. The summed E-state index contributed by atoms with van der Waals surface area (Å²) < 4.78 is 2.20. The topological polar surface area (TPSA) is 56.2 Å². The van der Waals surface area contributed by atoms with Crippen LogP contribution in [-0.2, 0) is 0 Å². The first kappa shape index (κ1) is 10.8. The summed E-state index contributed by atoms with van der Waals surface area (Å²) in [5.74, 6) is 0. The van der Waals surface area contributed by atoms with Gasteiger partial charge < -0.3 is 10.1 Å². The van der Waals surface area contributed by atoms with Crippen molar-refractivity contribution in [2.24, 2.45) is 0 Å². The lowest BCUT2D eigenvalue weighted by atomic mass is 10.1. The van der Waals surface area contributed by atoms with E-state index in [4.69, 9.17) is 5.73 Å². The Balaban J connectivity index is 2.43. The molecule has 3 aromatic heterocycles. The largest absolute Gasteiger partial charge is 0.397 e. The fourth-order valence-electron chi connectivity index (χ4n) is 2.38. The SMILES string of the molecule is Cc1cc2cccc(C)n2c1-c1cnncc1N. The number of anilines is 1. The van der Waals surface area contributed by atoms with E-state index in [-0.39, 0.29) is 0 Å². The van der Waals surface area contributed by atoms with Crippen LogP contribution in [-0.4, -0.2) is 14.6 Å². The van der Waals surface area contributed by atoms with Gasteiger partial charge in [0, 0.05) is 16.8 Å². The van der Waals surface area contributed by atoms with Crippen molar-refractivity contribution in [1.82, 2.24) is 14.6 Å². The van der Waals surface area contributed by atoms with Crippen molar-refractivity contribution in [3.8, 4) is 11.3 Å². The van der Waals surface area contributed by atoms with Gasteiger partial charge in [0.25, 0.3) is 0 Å². The van der Waals surface area contributed by atoms with E-state index in [0.29, 0.717) is 5.69 Å². The minimum Gasteiger partial charge on any atom is -0.397 e. The maximum Gasteiger partial charge on any atom is 0.0732 e. The van der Waals surface area contributed by atoms with Gasteiger partial charge in [-0.05, 0) is 37.6 Å². The number of nitrogens with two attached hydrogens (primary N) is 1. The minimum absolute atomic E-state index is 0.649. The Morgan fingerprint density at radius 3 is 2.67 bits per heavy atom. The Morgan fingerprint density at radius 1 is 1.11 bits per heavy atom. The van der Waals surface area contributed by atoms with Crippen molar-refractivity contribution in [3.05, 3.63) is 47.9 Å². The molecule has 3 aromatic rings. The van der Waals surface area contributed by atoms with Crippen LogP contribution in [0.15, 0.2) is 36.7 Å². The first-order valence-electron chi connectivity index (χ1n) is 5.82. The van der Waals surface area contributed by atoms with E-state index in [2.05, 4.69) is 52.7 Å². The molecular formula is C14H14N4. The van der Waals surface area contributed by atoms with Gasteiger partial charge in [-0.25, -0.2) is 0 Å². The van der Waals surface area contributed by atoms with E-state index in [1.807, 2.05) is 0 Å². The van der Waals surface area contributed by atoms with Gasteiger partial charge in [0.2, 0.25) is 0 Å². The molecule has 2 N–H and O–H groups in total. The van der Waals surface area contributed by atoms with E-state index in [1.54, 1.807) is 12.4 Å². The van der Waals surface area contributed by atoms with Gasteiger partial charge in [-0.2, -0.15) is 10.2 Å². The van der Waals surface area contributed by atoms with Gasteiger partial charge in [0.1, 0.15) is 0 Å². The van der Waals surface area contributed by atoms with E-state index in [1.165, 1.54) is 16.8 Å². The third-order valence-corrected chi connectivity index (χ3v) is 3.19. The van der Waals surface area contributed by atoms with E-state index in [9.17, 15) is 0 Å². The van der Waals surface area contributed by atoms with Gasteiger partial charge in [-0.1, -0.05) is 6.07 Å². The maximum absolute atomic E-state index is 6.01. The second-order valence-electron chi connectivity index (χ2n) is 4.46. The van der Waals surface area contributed by atoms with Crippen LogP contribution in [0.3, 0.4) is 0 Å². The number of hydrogen-bond donors (Lipinski definition) is 1. The molecule has 0 atom stereocenters. The van der Waals surface area contributed by atoms with Crippen LogP contribution >= 0.6 is 0 Å². The monoisotopic (exact) mass is 238 g/mol. The lowest BCUT2D eigenvalue weighted by molar-refractivity contribution is 1.03. The molecule has 0 spiro atoms. The second-order valence-corrected chi connectivity index (χ2v) is 4.46. The summed E-state index contributed by atoms with van der Waals surface area (Å²) in [4.78, 5) is 0. The van der Waals surface area contributed by atoms with Crippen LogP contribution in [0.25, 0.3) is 16.8 Å². The summed E-state index contributed by atoms with van der Waals surface area (Å²) in [6.45, 7) is 4.17. The average Bonchev–Trinajstić information content (AvgIpc) is 2.68. The highest BCUT2D eigenvalue weighted by molar-refractivity contribution is 5.79. The number of fused-ring (bicyclic) bond motifs is 1. The second kappa shape index (κ2) is 3.84. The highest BCUT2D eigenvalue weighted by Gasteiger charge is 2.13. The lowest BCUT2D eigenvalue weighted by Crippen LogP contribution is -1.99. The normalized spacial score (nSPS) is 11.0.